The van der Waals surface area contributed by atoms with Gasteiger partial charge in [0.25, 0.3) is 0 Å². The number of nitrogens with zero attached hydrogens (tertiary/aromatic N) is 4. The molecule has 0 bridgehead atoms. The van der Waals surface area contributed by atoms with Crippen molar-refractivity contribution in [1.29, 1.82) is 0 Å². The number of hydrogen-bond acceptors (Lipinski definition) is 6. The molecule has 0 spiro atoms. The zero-order valence-corrected chi connectivity index (χ0v) is 20.9. The predicted molar refractivity (Wildman–Crippen MR) is 133 cm³/mol. The molecule has 180 valence electrons. The van der Waals surface area contributed by atoms with Gasteiger partial charge in [-0.1, -0.05) is 44.5 Å². The monoisotopic (exact) mass is 493 g/mol. The van der Waals surface area contributed by atoms with Gasteiger partial charge in [0.1, 0.15) is 12.1 Å². The minimum Gasteiger partial charge on any atom is -0.387 e. The van der Waals surface area contributed by atoms with Crippen molar-refractivity contribution in [3.8, 4) is 0 Å². The lowest BCUT2D eigenvalue weighted by molar-refractivity contribution is -0.133. The molecule has 0 saturated carbocycles. The molecular weight excluding hydrogens is 461 g/mol. The van der Waals surface area contributed by atoms with Gasteiger partial charge in [-0.15, -0.1) is 12.4 Å². The molecule has 1 unspecified atom stereocenters. The van der Waals surface area contributed by atoms with E-state index in [4.69, 9.17) is 11.6 Å². The summed E-state index contributed by atoms with van der Waals surface area (Å²) in [5, 5.41) is 14.4. The Morgan fingerprint density at radius 2 is 1.85 bits per heavy atom. The van der Waals surface area contributed by atoms with Crippen LogP contribution in [0.25, 0.3) is 0 Å². The van der Waals surface area contributed by atoms with Gasteiger partial charge in [-0.25, -0.2) is 9.97 Å². The number of nitrogens with one attached hydrogen (secondary N) is 1. The maximum Gasteiger partial charge on any atom is 0.231 e. The molecule has 2 aromatic rings. The third-order valence-electron chi connectivity index (χ3n) is 6.47. The number of aliphatic hydroxyl groups excluding tert-OH is 1. The Balaban J connectivity index is 0.00000306. The van der Waals surface area contributed by atoms with Gasteiger partial charge in [-0.05, 0) is 30.0 Å². The summed E-state index contributed by atoms with van der Waals surface area (Å²) in [7, 11) is 0. The van der Waals surface area contributed by atoms with Crippen LogP contribution in [0.5, 0.6) is 0 Å². The van der Waals surface area contributed by atoms with E-state index >= 15 is 0 Å². The first-order valence-electron chi connectivity index (χ1n) is 11.4. The summed E-state index contributed by atoms with van der Waals surface area (Å²) in [6, 6.07) is 7.87. The van der Waals surface area contributed by atoms with Gasteiger partial charge in [0.2, 0.25) is 5.91 Å². The number of benzene rings is 1. The highest BCUT2D eigenvalue weighted by molar-refractivity contribution is 6.30. The second kappa shape index (κ2) is 11.0. The van der Waals surface area contributed by atoms with Crippen LogP contribution in [0.2, 0.25) is 5.02 Å². The quantitative estimate of drug-likeness (QED) is 0.640. The highest BCUT2D eigenvalue weighted by Crippen LogP contribution is 2.42. The number of anilines is 1. The Morgan fingerprint density at radius 3 is 2.48 bits per heavy atom. The predicted octanol–water partition coefficient (Wildman–Crippen LogP) is 3.52. The Kier molecular flexibility index (Phi) is 8.56. The third-order valence-corrected chi connectivity index (χ3v) is 6.72. The van der Waals surface area contributed by atoms with Gasteiger partial charge in [-0.2, -0.15) is 0 Å². The van der Waals surface area contributed by atoms with Crippen LogP contribution in [0.4, 0.5) is 5.82 Å². The normalized spacial score (nSPS) is 21.0. The summed E-state index contributed by atoms with van der Waals surface area (Å²) in [4.78, 5) is 26.5. The molecule has 4 rings (SSSR count). The van der Waals surface area contributed by atoms with Crippen LogP contribution >= 0.6 is 24.0 Å². The Hall–Kier alpha value is -1.93. The summed E-state index contributed by atoms with van der Waals surface area (Å²) >= 11 is 6.06. The molecular formula is C24H33Cl2N5O2. The first-order chi connectivity index (χ1) is 15.3. The summed E-state index contributed by atoms with van der Waals surface area (Å²) in [6.07, 6.45) is 1.71. The van der Waals surface area contributed by atoms with Crippen LogP contribution < -0.4 is 10.2 Å². The number of hydrogen-bond donors (Lipinski definition) is 2. The second-order valence-corrected chi connectivity index (χ2v) is 9.56. The molecule has 9 heteroatoms. The molecule has 1 amide bonds. The first-order valence-corrected chi connectivity index (χ1v) is 11.8. The molecule has 1 aromatic carbocycles. The number of carbonyl (C=O) groups is 1. The van der Waals surface area contributed by atoms with Crippen molar-refractivity contribution in [2.75, 3.05) is 37.6 Å². The van der Waals surface area contributed by atoms with E-state index in [1.165, 1.54) is 0 Å². The molecule has 3 atom stereocenters. The molecule has 2 heterocycles. The Bertz CT molecular complexity index is 948. The molecule has 1 aromatic heterocycles. The maximum absolute atomic E-state index is 13.5. The lowest BCUT2D eigenvalue weighted by Gasteiger charge is -2.38. The zero-order valence-electron chi connectivity index (χ0n) is 19.4. The van der Waals surface area contributed by atoms with Crippen LogP contribution in [0, 0.1) is 0 Å². The number of fused-ring (bicyclic) bond motifs is 1. The van der Waals surface area contributed by atoms with Crippen molar-refractivity contribution in [1.82, 2.24) is 20.2 Å². The van der Waals surface area contributed by atoms with Crippen LogP contribution in [-0.2, 0) is 4.79 Å². The van der Waals surface area contributed by atoms with Crippen molar-refractivity contribution in [3.63, 3.8) is 0 Å². The van der Waals surface area contributed by atoms with Crippen molar-refractivity contribution >= 4 is 35.7 Å². The maximum atomic E-state index is 13.5. The average molecular weight is 494 g/mol. The van der Waals surface area contributed by atoms with Crippen LogP contribution in [0.3, 0.4) is 0 Å². The van der Waals surface area contributed by atoms with Crippen molar-refractivity contribution in [3.05, 3.63) is 52.4 Å². The average Bonchev–Trinajstić information content (AvgIpc) is 3.08. The second-order valence-electron chi connectivity index (χ2n) is 9.13. The molecule has 2 N–H and O–H groups in total. The molecule has 0 radical (unpaired) electrons. The van der Waals surface area contributed by atoms with Gasteiger partial charge in [0, 0.05) is 49.4 Å². The van der Waals surface area contributed by atoms with Gasteiger partial charge in [0.05, 0.1) is 17.7 Å². The molecule has 7 nitrogen and oxygen atoms in total. The summed E-state index contributed by atoms with van der Waals surface area (Å²) < 4.78 is 0. The number of piperazine rings is 1. The highest BCUT2D eigenvalue weighted by atomic mass is 35.5. The Morgan fingerprint density at radius 1 is 1.18 bits per heavy atom. The lowest BCUT2D eigenvalue weighted by Crippen LogP contribution is -2.51. The number of carbonyl (C=O) groups excluding carboxylic acids is 1. The van der Waals surface area contributed by atoms with E-state index in [1.807, 2.05) is 29.2 Å². The molecule has 1 fully saturated rings. The van der Waals surface area contributed by atoms with Crippen molar-refractivity contribution in [2.24, 2.45) is 0 Å². The largest absolute Gasteiger partial charge is 0.387 e. The smallest absolute Gasteiger partial charge is 0.231 e. The fourth-order valence-electron chi connectivity index (χ4n) is 4.71. The summed E-state index contributed by atoms with van der Waals surface area (Å²) in [6.45, 7) is 9.57. The standard InChI is InChI=1S/C24H32ClN5O2.ClH/c1-15(2)26-13-19(17-4-6-18(25)7-5-17)24(32)30-10-8-29(9-11-30)23-21-16(3)12-20(31)22(21)27-14-28-23;/h4-7,14-16,19-20,26,31H,8-13H2,1-3H3;1H/t16-,19?,20-;/m1./s1. The van der Waals surface area contributed by atoms with E-state index in [-0.39, 0.29) is 30.2 Å². The SMILES string of the molecule is CC(C)NCC(C(=O)N1CCN(c2ncnc3c2[C@H](C)C[C@H]3O)CC1)c1ccc(Cl)cc1.Cl. The fraction of sp³-hybridized carbons (Fsp3) is 0.542. The molecule has 1 aliphatic carbocycles. The van der Waals surface area contributed by atoms with Crippen molar-refractivity contribution in [2.45, 2.75) is 51.2 Å². The number of halogens is 2. The lowest BCUT2D eigenvalue weighted by atomic mass is 9.96. The number of amides is 1. The third kappa shape index (κ3) is 5.60. The highest BCUT2D eigenvalue weighted by Gasteiger charge is 2.35. The van der Waals surface area contributed by atoms with E-state index in [9.17, 15) is 9.90 Å². The topological polar surface area (TPSA) is 81.6 Å². The number of aromatic nitrogens is 2. The van der Waals surface area contributed by atoms with Gasteiger partial charge >= 0.3 is 0 Å². The van der Waals surface area contributed by atoms with Gasteiger partial charge in [-0.3, -0.25) is 4.79 Å². The van der Waals surface area contributed by atoms with E-state index < -0.39 is 6.10 Å². The number of rotatable bonds is 6. The Labute approximate surface area is 207 Å². The minimum atomic E-state index is -0.516. The molecule has 33 heavy (non-hydrogen) atoms. The first kappa shape index (κ1) is 25.7. The summed E-state index contributed by atoms with van der Waals surface area (Å²) in [5.74, 6) is 1.02. The van der Waals surface area contributed by atoms with Gasteiger partial charge in [0.15, 0.2) is 0 Å². The van der Waals surface area contributed by atoms with E-state index in [0.29, 0.717) is 50.2 Å². The molecule has 1 saturated heterocycles. The zero-order chi connectivity index (χ0) is 22.8. The van der Waals surface area contributed by atoms with Crippen LogP contribution in [-0.4, -0.2) is 64.6 Å². The van der Waals surface area contributed by atoms with Crippen LogP contribution in [0.15, 0.2) is 30.6 Å². The van der Waals surface area contributed by atoms with E-state index in [2.05, 4.69) is 41.0 Å². The van der Waals surface area contributed by atoms with Crippen LogP contribution in [0.1, 0.15) is 62.0 Å². The molecule has 2 aliphatic rings. The van der Waals surface area contributed by atoms with E-state index in [1.54, 1.807) is 6.33 Å². The molecule has 1 aliphatic heterocycles. The van der Waals surface area contributed by atoms with E-state index in [0.717, 1.165) is 22.6 Å². The summed E-state index contributed by atoms with van der Waals surface area (Å²) in [5.41, 5.74) is 2.79. The fourth-order valence-corrected chi connectivity index (χ4v) is 4.84. The minimum absolute atomic E-state index is 0. The van der Waals surface area contributed by atoms with Crippen molar-refractivity contribution < 1.29 is 9.90 Å². The number of aliphatic hydroxyl groups is 1. The van der Waals surface area contributed by atoms with Gasteiger partial charge < -0.3 is 20.2 Å².